The van der Waals surface area contributed by atoms with Crippen LogP contribution >= 0.6 is 0 Å². The van der Waals surface area contributed by atoms with E-state index >= 15 is 0 Å². The number of rotatable bonds is 7. The fourth-order valence-electron chi connectivity index (χ4n) is 9.58. The average molecular weight is 585 g/mol. The summed E-state index contributed by atoms with van der Waals surface area (Å²) >= 11 is 0. The molecule has 1 aromatic carbocycles. The minimum Gasteiger partial charge on any atom is -0.414 e. The zero-order valence-corrected chi connectivity index (χ0v) is 28.4. The molecule has 3 fully saturated rings. The summed E-state index contributed by atoms with van der Waals surface area (Å²) in [5, 5.41) is 0.259. The van der Waals surface area contributed by atoms with Gasteiger partial charge in [-0.25, -0.2) is 8.42 Å². The van der Waals surface area contributed by atoms with Gasteiger partial charge in [0.1, 0.15) is 0 Å². The van der Waals surface area contributed by atoms with Crippen molar-refractivity contribution in [3.05, 3.63) is 42.0 Å². The first kappa shape index (κ1) is 30.5. The predicted octanol–water partition coefficient (Wildman–Crippen LogP) is 9.46. The van der Waals surface area contributed by atoms with Crippen LogP contribution in [0.15, 0.2) is 46.9 Å². The van der Waals surface area contributed by atoms with Gasteiger partial charge in [-0.3, -0.25) is 0 Å². The summed E-state index contributed by atoms with van der Waals surface area (Å²) in [6, 6.07) is 9.03. The lowest BCUT2D eigenvalue weighted by Gasteiger charge is -2.59. The highest BCUT2D eigenvalue weighted by Gasteiger charge is 2.59. The van der Waals surface area contributed by atoms with Gasteiger partial charge in [-0.2, -0.15) is 0 Å². The monoisotopic (exact) mass is 584 g/mol. The third-order valence-corrected chi connectivity index (χ3v) is 19.3. The van der Waals surface area contributed by atoms with Crippen LogP contribution in [0, 0.1) is 40.4 Å². The SMILES string of the molecule is C[C@H](CCS(=O)(=O)c1ccccc1)[C@H]1CC[C@H]2[C@@H]3CC=C4CC(O[Si](C)(C)C(C)(C)C)CC[C@]4(C)[C@H]3CC[C@]12C. The van der Waals surface area contributed by atoms with Crippen molar-refractivity contribution in [1.29, 1.82) is 0 Å². The van der Waals surface area contributed by atoms with E-state index in [4.69, 9.17) is 4.43 Å². The number of benzene rings is 1. The van der Waals surface area contributed by atoms with Crippen LogP contribution in [0.4, 0.5) is 0 Å². The molecular weight excluding hydrogens is 529 g/mol. The molecule has 0 amide bonds. The summed E-state index contributed by atoms with van der Waals surface area (Å²) in [6.07, 6.45) is 14.0. The third-order valence-electron chi connectivity index (χ3n) is 13.0. The second kappa shape index (κ2) is 10.7. The van der Waals surface area contributed by atoms with E-state index in [2.05, 4.69) is 60.7 Å². The normalized spacial score (nSPS) is 37.2. The molecule has 0 bridgehead atoms. The second-order valence-electron chi connectivity index (χ2n) is 16.1. The first-order valence-corrected chi connectivity index (χ1v) is 20.8. The summed E-state index contributed by atoms with van der Waals surface area (Å²) < 4.78 is 32.9. The largest absolute Gasteiger partial charge is 0.414 e. The van der Waals surface area contributed by atoms with Gasteiger partial charge in [0.15, 0.2) is 18.2 Å². The fraction of sp³-hybridized carbons (Fsp3) is 0.771. The van der Waals surface area contributed by atoms with Crippen molar-refractivity contribution < 1.29 is 12.8 Å². The van der Waals surface area contributed by atoms with Gasteiger partial charge in [0.25, 0.3) is 0 Å². The molecule has 40 heavy (non-hydrogen) atoms. The van der Waals surface area contributed by atoms with Crippen molar-refractivity contribution in [2.45, 2.75) is 128 Å². The molecule has 0 radical (unpaired) electrons. The van der Waals surface area contributed by atoms with Crippen molar-refractivity contribution in [3.63, 3.8) is 0 Å². The molecule has 1 unspecified atom stereocenters. The van der Waals surface area contributed by atoms with Gasteiger partial charge in [-0.1, -0.05) is 71.4 Å². The van der Waals surface area contributed by atoms with Crippen molar-refractivity contribution in [2.24, 2.45) is 40.4 Å². The van der Waals surface area contributed by atoms with Crippen molar-refractivity contribution in [3.8, 4) is 0 Å². The predicted molar refractivity (Wildman–Crippen MR) is 170 cm³/mol. The van der Waals surface area contributed by atoms with E-state index in [1.807, 2.05) is 18.2 Å². The van der Waals surface area contributed by atoms with Crippen molar-refractivity contribution in [1.82, 2.24) is 0 Å². The van der Waals surface area contributed by atoms with Crippen molar-refractivity contribution in [2.75, 3.05) is 5.75 Å². The first-order valence-electron chi connectivity index (χ1n) is 16.2. The van der Waals surface area contributed by atoms with Crippen molar-refractivity contribution >= 4 is 18.2 Å². The Balaban J connectivity index is 1.26. The number of fused-ring (bicyclic) bond motifs is 5. The summed E-state index contributed by atoms with van der Waals surface area (Å²) in [5.41, 5.74) is 2.40. The highest BCUT2D eigenvalue weighted by atomic mass is 32.2. The van der Waals surface area contributed by atoms with Crippen LogP contribution in [0.25, 0.3) is 0 Å². The summed E-state index contributed by atoms with van der Waals surface area (Å²) in [7, 11) is -4.97. The Morgan fingerprint density at radius 2 is 1.70 bits per heavy atom. The van der Waals surface area contributed by atoms with Crippen LogP contribution < -0.4 is 0 Å². The number of allylic oxidation sites excluding steroid dienone is 1. The molecule has 0 aromatic heterocycles. The van der Waals surface area contributed by atoms with E-state index < -0.39 is 18.2 Å². The van der Waals surface area contributed by atoms with E-state index in [1.54, 1.807) is 17.7 Å². The molecule has 8 atom stereocenters. The highest BCUT2D eigenvalue weighted by Crippen LogP contribution is 2.67. The summed E-state index contributed by atoms with van der Waals surface area (Å²) in [5.74, 6) is 3.71. The van der Waals surface area contributed by atoms with E-state index in [-0.39, 0.29) is 10.8 Å². The highest BCUT2D eigenvalue weighted by molar-refractivity contribution is 7.91. The standard InChI is InChI=1S/C35H56O3SSi/c1-25(20-23-39(36,37)28-12-10-9-11-13-28)30-16-17-31-29-15-14-26-24-27(38-40(7,8)33(2,3)4)18-21-34(26,5)32(29)19-22-35(30,31)6/h9-14,25,27,29-32H,15-24H2,1-8H3/t25-,27?,29+,30-,31+,32+,34+,35-/m1/s1. The Labute approximate surface area is 247 Å². The molecule has 224 valence electrons. The van der Waals surface area contributed by atoms with E-state index in [0.717, 1.165) is 30.6 Å². The Kier molecular flexibility index (Phi) is 8.14. The second-order valence-corrected chi connectivity index (χ2v) is 23.0. The van der Waals surface area contributed by atoms with E-state index in [9.17, 15) is 8.42 Å². The third kappa shape index (κ3) is 5.34. The summed E-state index contributed by atoms with van der Waals surface area (Å²) in [4.78, 5) is 0.473. The van der Waals surface area contributed by atoms with Gasteiger partial charge >= 0.3 is 0 Å². The molecule has 0 aliphatic heterocycles. The zero-order chi connectivity index (χ0) is 29.1. The molecule has 4 aliphatic rings. The lowest BCUT2D eigenvalue weighted by molar-refractivity contribution is -0.0560. The van der Waals surface area contributed by atoms with Crippen LogP contribution in [0.2, 0.25) is 18.1 Å². The lowest BCUT2D eigenvalue weighted by atomic mass is 9.47. The molecule has 1 aromatic rings. The van der Waals surface area contributed by atoms with Crippen LogP contribution in [-0.4, -0.2) is 28.6 Å². The maximum Gasteiger partial charge on any atom is 0.192 e. The molecule has 0 N–H and O–H groups in total. The number of hydrogen-bond acceptors (Lipinski definition) is 3. The molecule has 3 saturated carbocycles. The maximum absolute atomic E-state index is 13.0. The Hall–Kier alpha value is -0.913. The Morgan fingerprint density at radius 1 is 1.00 bits per heavy atom. The minimum atomic E-state index is -3.21. The number of hydrogen-bond donors (Lipinski definition) is 0. The topological polar surface area (TPSA) is 43.4 Å². The van der Waals surface area contributed by atoms with Gasteiger partial charge in [0, 0.05) is 6.10 Å². The molecule has 0 spiro atoms. The first-order chi connectivity index (χ1) is 18.6. The minimum absolute atomic E-state index is 0.259. The zero-order valence-electron chi connectivity index (χ0n) is 26.6. The smallest absolute Gasteiger partial charge is 0.192 e. The quantitative estimate of drug-likeness (QED) is 0.237. The maximum atomic E-state index is 13.0. The van der Waals surface area contributed by atoms with Crippen LogP contribution in [0.1, 0.15) is 99.3 Å². The number of sulfone groups is 1. The van der Waals surface area contributed by atoms with E-state index in [0.29, 0.717) is 33.7 Å². The molecule has 3 nitrogen and oxygen atoms in total. The molecule has 0 heterocycles. The van der Waals surface area contributed by atoms with Crippen LogP contribution in [0.3, 0.4) is 0 Å². The molecule has 4 aliphatic carbocycles. The Morgan fingerprint density at radius 3 is 2.38 bits per heavy atom. The van der Waals surface area contributed by atoms with E-state index in [1.165, 1.54) is 44.9 Å². The van der Waals surface area contributed by atoms with Gasteiger partial charge in [0.2, 0.25) is 0 Å². The molecule has 0 saturated heterocycles. The fourth-order valence-corrected chi connectivity index (χ4v) is 12.5. The summed E-state index contributed by atoms with van der Waals surface area (Å²) in [6.45, 7) is 19.4. The van der Waals surface area contributed by atoms with Gasteiger partial charge in [0.05, 0.1) is 10.6 Å². The Bertz CT molecular complexity index is 1200. The van der Waals surface area contributed by atoms with Gasteiger partial charge in [-0.05, 0) is 128 Å². The molecule has 5 heteroatoms. The molecule has 5 rings (SSSR count). The lowest BCUT2D eigenvalue weighted by Crippen LogP contribution is -2.52. The average Bonchev–Trinajstić information content (AvgIpc) is 3.24. The molecular formula is C35H56O3SSi. The van der Waals surface area contributed by atoms with Crippen LogP contribution in [0.5, 0.6) is 0 Å². The van der Waals surface area contributed by atoms with Gasteiger partial charge < -0.3 is 4.43 Å². The van der Waals surface area contributed by atoms with Crippen LogP contribution in [-0.2, 0) is 14.3 Å². The van der Waals surface area contributed by atoms with Gasteiger partial charge in [-0.15, -0.1) is 0 Å².